The Labute approximate surface area is 83.5 Å². The molecule has 0 amide bonds. The van der Waals surface area contributed by atoms with Crippen molar-refractivity contribution >= 4 is 11.6 Å². The summed E-state index contributed by atoms with van der Waals surface area (Å²) in [6, 6.07) is 3.61. The Balaban J connectivity index is 2.68. The van der Waals surface area contributed by atoms with E-state index in [1.165, 1.54) is 12.3 Å². The molecule has 1 N–H and O–H groups in total. The molecule has 0 unspecified atom stereocenters. The van der Waals surface area contributed by atoms with Gasteiger partial charge in [0.1, 0.15) is 11.6 Å². The normalized spacial score (nSPS) is 10.5. The van der Waals surface area contributed by atoms with Gasteiger partial charge >= 0.3 is 0 Å². The summed E-state index contributed by atoms with van der Waals surface area (Å²) >= 11 is 5.69. The first-order valence-corrected chi connectivity index (χ1v) is 4.21. The van der Waals surface area contributed by atoms with E-state index in [0.717, 1.165) is 12.1 Å². The topological polar surface area (TPSA) is 28.7 Å². The molecule has 0 bridgehead atoms. The molecule has 14 heavy (non-hydrogen) atoms. The van der Waals surface area contributed by atoms with Crippen LogP contribution in [0, 0.1) is 11.6 Å². The maximum Gasteiger partial charge on any atom is 0.135 e. The highest BCUT2D eigenvalue weighted by atomic mass is 35.5. The molecule has 0 saturated heterocycles. The molecule has 72 valence electrons. The predicted molar refractivity (Wildman–Crippen MR) is 48.9 cm³/mol. The molecule has 1 aromatic carbocycles. The molecular formula is C9H5ClF2N2. The van der Waals surface area contributed by atoms with E-state index in [0.29, 0.717) is 0 Å². The zero-order valence-electron chi connectivity index (χ0n) is 6.89. The average Bonchev–Trinajstić information content (AvgIpc) is 2.52. The van der Waals surface area contributed by atoms with Crippen molar-refractivity contribution in [2.24, 2.45) is 0 Å². The number of nitrogens with zero attached hydrogens (tertiary/aromatic N) is 1. The maximum atomic E-state index is 13.2. The first-order valence-electron chi connectivity index (χ1n) is 3.83. The van der Waals surface area contributed by atoms with Crippen molar-refractivity contribution in [2.75, 3.05) is 0 Å². The van der Waals surface area contributed by atoms with Crippen molar-refractivity contribution in [1.29, 1.82) is 0 Å². The number of benzene rings is 1. The van der Waals surface area contributed by atoms with E-state index >= 15 is 0 Å². The van der Waals surface area contributed by atoms with Crippen LogP contribution in [-0.4, -0.2) is 10.2 Å². The molecule has 0 saturated carbocycles. The molecule has 0 radical (unpaired) electrons. The summed E-state index contributed by atoms with van der Waals surface area (Å²) in [6.07, 6.45) is 1.29. The monoisotopic (exact) mass is 214 g/mol. The van der Waals surface area contributed by atoms with Crippen LogP contribution in [0.1, 0.15) is 0 Å². The SMILES string of the molecule is Fc1cccc(F)c1-c1[nH]ncc1Cl. The number of halogens is 3. The second-order valence-corrected chi connectivity index (χ2v) is 3.10. The summed E-state index contributed by atoms with van der Waals surface area (Å²) < 4.78 is 26.5. The quantitative estimate of drug-likeness (QED) is 0.777. The van der Waals surface area contributed by atoms with Crippen molar-refractivity contribution < 1.29 is 8.78 Å². The van der Waals surface area contributed by atoms with Gasteiger partial charge in [-0.25, -0.2) is 8.78 Å². The fourth-order valence-corrected chi connectivity index (χ4v) is 1.37. The van der Waals surface area contributed by atoms with Crippen molar-refractivity contribution in [1.82, 2.24) is 10.2 Å². The number of rotatable bonds is 1. The van der Waals surface area contributed by atoms with Gasteiger partial charge in [0.2, 0.25) is 0 Å². The smallest absolute Gasteiger partial charge is 0.135 e. The van der Waals surface area contributed by atoms with Crippen LogP contribution in [0.3, 0.4) is 0 Å². The lowest BCUT2D eigenvalue weighted by molar-refractivity contribution is 0.588. The van der Waals surface area contributed by atoms with Crippen molar-refractivity contribution in [3.63, 3.8) is 0 Å². The molecule has 2 nitrogen and oxygen atoms in total. The third kappa shape index (κ3) is 1.37. The van der Waals surface area contributed by atoms with Crippen LogP contribution in [0.5, 0.6) is 0 Å². The highest BCUT2D eigenvalue weighted by molar-refractivity contribution is 6.32. The molecule has 5 heteroatoms. The molecule has 0 spiro atoms. The summed E-state index contributed by atoms with van der Waals surface area (Å²) in [5, 5.41) is 6.22. The standard InChI is InChI=1S/C9H5ClF2N2/c10-5-4-13-14-9(5)8-6(11)2-1-3-7(8)12/h1-4H,(H,13,14). The van der Waals surface area contributed by atoms with Gasteiger partial charge in [-0.05, 0) is 12.1 Å². The zero-order valence-corrected chi connectivity index (χ0v) is 7.65. The Kier molecular flexibility index (Phi) is 2.21. The minimum Gasteiger partial charge on any atom is -0.276 e. The van der Waals surface area contributed by atoms with Crippen molar-refractivity contribution in [3.05, 3.63) is 41.1 Å². The summed E-state index contributed by atoms with van der Waals surface area (Å²) in [6.45, 7) is 0. The van der Waals surface area contributed by atoms with Crippen LogP contribution in [-0.2, 0) is 0 Å². The Hall–Kier alpha value is -1.42. The molecule has 2 aromatic rings. The highest BCUT2D eigenvalue weighted by Crippen LogP contribution is 2.29. The van der Waals surface area contributed by atoms with E-state index in [2.05, 4.69) is 10.2 Å². The third-order valence-electron chi connectivity index (χ3n) is 1.81. The van der Waals surface area contributed by atoms with E-state index in [1.54, 1.807) is 0 Å². The summed E-state index contributed by atoms with van der Waals surface area (Å²) in [7, 11) is 0. The molecule has 0 fully saturated rings. The lowest BCUT2D eigenvalue weighted by Gasteiger charge is -2.01. The Bertz CT molecular complexity index is 447. The summed E-state index contributed by atoms with van der Waals surface area (Å²) in [5.74, 6) is -1.34. The molecule has 1 aromatic heterocycles. The van der Waals surface area contributed by atoms with Gasteiger partial charge in [-0.1, -0.05) is 17.7 Å². The summed E-state index contributed by atoms with van der Waals surface area (Å²) in [5.41, 5.74) is -0.0303. The van der Waals surface area contributed by atoms with Gasteiger partial charge in [-0.15, -0.1) is 0 Å². The van der Waals surface area contributed by atoms with Gasteiger partial charge in [0.15, 0.2) is 0 Å². The summed E-state index contributed by atoms with van der Waals surface area (Å²) in [4.78, 5) is 0. The lowest BCUT2D eigenvalue weighted by atomic mass is 10.1. The number of aromatic amines is 1. The van der Waals surface area contributed by atoms with E-state index in [9.17, 15) is 8.78 Å². The molecule has 0 atom stereocenters. The van der Waals surface area contributed by atoms with Crippen molar-refractivity contribution in [2.45, 2.75) is 0 Å². The Morgan fingerprint density at radius 2 is 1.86 bits per heavy atom. The van der Waals surface area contributed by atoms with Crippen LogP contribution in [0.2, 0.25) is 5.02 Å². The second-order valence-electron chi connectivity index (χ2n) is 2.69. The predicted octanol–water partition coefficient (Wildman–Crippen LogP) is 3.01. The van der Waals surface area contributed by atoms with Gasteiger partial charge in [-0.3, -0.25) is 5.10 Å². The van der Waals surface area contributed by atoms with Gasteiger partial charge < -0.3 is 0 Å². The number of hydrogen-bond donors (Lipinski definition) is 1. The van der Waals surface area contributed by atoms with E-state index < -0.39 is 11.6 Å². The van der Waals surface area contributed by atoms with Crippen LogP contribution < -0.4 is 0 Å². The molecule has 2 rings (SSSR count). The van der Waals surface area contributed by atoms with Crippen LogP contribution in [0.15, 0.2) is 24.4 Å². The third-order valence-corrected chi connectivity index (χ3v) is 2.09. The molecule has 0 aliphatic rings. The number of nitrogens with one attached hydrogen (secondary N) is 1. The molecular weight excluding hydrogens is 210 g/mol. The minimum absolute atomic E-state index is 0.155. The van der Waals surface area contributed by atoms with Crippen LogP contribution >= 0.6 is 11.6 Å². The minimum atomic E-state index is -0.670. The van der Waals surface area contributed by atoms with Crippen LogP contribution in [0.25, 0.3) is 11.3 Å². The largest absolute Gasteiger partial charge is 0.276 e. The van der Waals surface area contributed by atoms with Gasteiger partial charge in [0.25, 0.3) is 0 Å². The lowest BCUT2D eigenvalue weighted by Crippen LogP contribution is -1.90. The van der Waals surface area contributed by atoms with Gasteiger partial charge in [-0.2, -0.15) is 5.10 Å². The number of hydrogen-bond acceptors (Lipinski definition) is 1. The van der Waals surface area contributed by atoms with Gasteiger partial charge in [0.05, 0.1) is 22.5 Å². The zero-order chi connectivity index (χ0) is 10.1. The second kappa shape index (κ2) is 3.38. The average molecular weight is 215 g/mol. The van der Waals surface area contributed by atoms with Crippen LogP contribution in [0.4, 0.5) is 8.78 Å². The molecule has 0 aliphatic heterocycles. The van der Waals surface area contributed by atoms with E-state index in [-0.39, 0.29) is 16.3 Å². The number of aromatic nitrogens is 2. The Morgan fingerprint density at radius 3 is 2.36 bits per heavy atom. The van der Waals surface area contributed by atoms with E-state index in [4.69, 9.17) is 11.6 Å². The van der Waals surface area contributed by atoms with Crippen molar-refractivity contribution in [3.8, 4) is 11.3 Å². The van der Waals surface area contributed by atoms with Gasteiger partial charge in [0, 0.05) is 0 Å². The fraction of sp³-hybridized carbons (Fsp3) is 0. The highest BCUT2D eigenvalue weighted by Gasteiger charge is 2.15. The first-order chi connectivity index (χ1) is 6.70. The van der Waals surface area contributed by atoms with E-state index in [1.807, 2.05) is 0 Å². The molecule has 0 aliphatic carbocycles. The Morgan fingerprint density at radius 1 is 1.21 bits per heavy atom. The molecule has 1 heterocycles. The first kappa shape index (κ1) is 9.15. The number of H-pyrrole nitrogens is 1. The maximum absolute atomic E-state index is 13.2. The fourth-order valence-electron chi connectivity index (χ4n) is 1.18.